The number of nitrogens with zero attached hydrogens (tertiary/aromatic N) is 1. The number of hydrogen-bond donors (Lipinski definition) is 3. The Morgan fingerprint density at radius 3 is 2.00 bits per heavy atom. The average Bonchev–Trinajstić information content (AvgIpc) is 2.83. The van der Waals surface area contributed by atoms with Crippen LogP contribution >= 0.6 is 23.2 Å². The van der Waals surface area contributed by atoms with E-state index in [4.69, 9.17) is 33.7 Å². The summed E-state index contributed by atoms with van der Waals surface area (Å²) in [6.45, 7) is 1.32. The molecule has 0 bridgehead atoms. The van der Waals surface area contributed by atoms with Crippen LogP contribution in [0.1, 0.15) is 11.1 Å². The molecule has 0 saturated carbocycles. The van der Waals surface area contributed by atoms with E-state index in [2.05, 4.69) is 10.2 Å². The van der Waals surface area contributed by atoms with Gasteiger partial charge in [0.2, 0.25) is 5.91 Å². The van der Waals surface area contributed by atoms with Crippen LogP contribution in [0.15, 0.2) is 36.4 Å². The summed E-state index contributed by atoms with van der Waals surface area (Å²) in [5, 5.41) is 12.6. The lowest BCUT2D eigenvalue weighted by Gasteiger charge is -2.38. The third-order valence-electron chi connectivity index (χ3n) is 7.01. The molecule has 4 N–H and O–H groups in total. The van der Waals surface area contributed by atoms with Crippen molar-refractivity contribution >= 4 is 98.8 Å². The summed E-state index contributed by atoms with van der Waals surface area (Å²) in [4.78, 5) is 28.5. The zero-order valence-electron chi connectivity index (χ0n) is 24.2. The van der Waals surface area contributed by atoms with Crippen molar-refractivity contribution < 1.29 is 23.8 Å². The predicted octanol–water partition coefficient (Wildman–Crippen LogP) is -4.98. The molecule has 7 nitrogen and oxygen atoms in total. The Labute approximate surface area is 251 Å². The van der Waals surface area contributed by atoms with Crippen molar-refractivity contribution in [1.82, 2.24) is 5.32 Å². The maximum atomic E-state index is 13.4. The number of hydrogen-bond acceptors (Lipinski definition) is 6. The Hall–Kier alpha value is -2.00. The molecule has 0 aromatic heterocycles. The van der Waals surface area contributed by atoms with Crippen molar-refractivity contribution in [2.75, 3.05) is 29.7 Å². The lowest BCUT2D eigenvalue weighted by Crippen LogP contribution is -2.55. The summed E-state index contributed by atoms with van der Waals surface area (Å²) >= 11 is 12.0. The zero-order valence-corrected chi connectivity index (χ0v) is 25.7. The second-order valence-electron chi connectivity index (χ2n) is 11.3. The van der Waals surface area contributed by atoms with Gasteiger partial charge in [-0.3, -0.25) is 4.79 Å². The molecule has 3 unspecified atom stereocenters. The van der Waals surface area contributed by atoms with Crippen molar-refractivity contribution in [1.29, 1.82) is 0 Å². The molecule has 0 heterocycles. The number of anilines is 1. The van der Waals surface area contributed by atoms with E-state index in [1.54, 1.807) is 23.5 Å². The quantitative estimate of drug-likeness (QED) is 0.0889. The number of amides is 1. The van der Waals surface area contributed by atoms with Crippen LogP contribution in [0.2, 0.25) is 5.11 Å². The molecular weight excluding hydrogens is 549 g/mol. The minimum atomic E-state index is -1.80. The highest BCUT2D eigenvalue weighted by atomic mass is 35.5. The minimum Gasteiger partial charge on any atom is -0.443 e. The predicted molar refractivity (Wildman–Crippen MR) is 178 cm³/mol. The van der Waals surface area contributed by atoms with Crippen molar-refractivity contribution in [3.63, 3.8) is 0 Å². The number of aliphatic hydroxyl groups is 1. The maximum absolute atomic E-state index is 13.4. The van der Waals surface area contributed by atoms with Gasteiger partial charge < -0.3 is 25.8 Å². The fourth-order valence-corrected chi connectivity index (χ4v) is 4.70. The largest absolute Gasteiger partial charge is 0.443 e. The highest BCUT2D eigenvalue weighted by molar-refractivity contribution is 6.62. The van der Waals surface area contributed by atoms with Gasteiger partial charge in [0.25, 0.3) is 0 Å². The summed E-state index contributed by atoms with van der Waals surface area (Å²) in [6.07, 6.45) is 0.262. The first-order chi connectivity index (χ1) is 18.6. The SMILES string of the molecule is Bc1cc(CC(N)C(=O)NC(Cc2ccc(F)cc2)C(=O)OC(B)(O)C(B)(B)B)cc(B)c1N(CCCl)CCCl. The number of carbonyl (C=O) groups is 2. The van der Waals surface area contributed by atoms with Gasteiger partial charge in [0.05, 0.1) is 29.6 Å². The number of benzene rings is 2. The fraction of sp³-hybridized carbons (Fsp3) is 0.417. The van der Waals surface area contributed by atoms with Crippen LogP contribution in [0.3, 0.4) is 0 Å². The van der Waals surface area contributed by atoms with Crippen LogP contribution in [-0.4, -0.2) is 107 Å². The van der Waals surface area contributed by atoms with Crippen LogP contribution in [0.25, 0.3) is 0 Å². The third-order valence-corrected chi connectivity index (χ3v) is 7.35. The fourth-order valence-electron chi connectivity index (χ4n) is 4.30. The van der Waals surface area contributed by atoms with Crippen LogP contribution in [0.4, 0.5) is 10.1 Å². The van der Waals surface area contributed by atoms with E-state index >= 15 is 0 Å². The first-order valence-electron chi connectivity index (χ1n) is 13.3. The van der Waals surface area contributed by atoms with E-state index in [-0.39, 0.29) is 12.8 Å². The lowest BCUT2D eigenvalue weighted by molar-refractivity contribution is -0.182. The standard InChI is InChI=1S/C24H36B6Cl2FN3O4/c25-16-9-14(10-17(26)20(16)36(7-5-31)8-6-32)11-18(34)21(37)35-19(12-13-1-3-15(33)4-2-13)22(38)40-24(30,39)23(27,28)29/h1-4,9-10,18-19,39H,5-8,11-12,25-30,34H2,(H,35,37). The van der Waals surface area contributed by atoms with E-state index in [0.29, 0.717) is 30.4 Å². The Morgan fingerprint density at radius 2 is 1.52 bits per heavy atom. The Bertz CT molecular complexity index is 1150. The summed E-state index contributed by atoms with van der Waals surface area (Å²) < 4.78 is 18.9. The molecule has 2 aromatic carbocycles. The van der Waals surface area contributed by atoms with E-state index in [1.807, 2.05) is 27.8 Å². The highest BCUT2D eigenvalue weighted by Crippen LogP contribution is 2.27. The lowest BCUT2D eigenvalue weighted by atomic mass is 9.35. The van der Waals surface area contributed by atoms with Crippen LogP contribution < -0.4 is 26.9 Å². The van der Waals surface area contributed by atoms with Crippen LogP contribution in [0.5, 0.6) is 0 Å². The monoisotopic (exact) mass is 585 g/mol. The second kappa shape index (κ2) is 14.8. The van der Waals surface area contributed by atoms with Gasteiger partial charge in [-0.25, -0.2) is 9.18 Å². The van der Waals surface area contributed by atoms with Crippen molar-refractivity contribution in [2.45, 2.75) is 35.7 Å². The van der Waals surface area contributed by atoms with E-state index in [0.717, 1.165) is 22.2 Å². The smallest absolute Gasteiger partial charge is 0.330 e. The molecule has 16 heteroatoms. The van der Waals surface area contributed by atoms with Gasteiger partial charge in [-0.05, 0) is 29.7 Å². The summed E-state index contributed by atoms with van der Waals surface area (Å²) in [7, 11) is 10.5. The number of rotatable bonds is 14. The number of nitrogens with one attached hydrogen (secondary N) is 1. The summed E-state index contributed by atoms with van der Waals surface area (Å²) in [6, 6.07) is 7.44. The number of carbonyl (C=O) groups excluding carboxylic acids is 2. The highest BCUT2D eigenvalue weighted by Gasteiger charge is 2.40. The Balaban J connectivity index is 2.23. The van der Waals surface area contributed by atoms with Gasteiger partial charge in [-0.15, -0.1) is 23.2 Å². The molecule has 0 saturated heterocycles. The van der Waals surface area contributed by atoms with Crippen molar-refractivity contribution in [2.24, 2.45) is 5.73 Å². The minimum absolute atomic E-state index is 0.0295. The molecule has 210 valence electrons. The van der Waals surface area contributed by atoms with Crippen LogP contribution in [0, 0.1) is 5.82 Å². The van der Waals surface area contributed by atoms with Gasteiger partial charge in [0, 0.05) is 37.0 Å². The number of esters is 1. The molecule has 0 aliphatic heterocycles. The average molecular weight is 585 g/mol. The number of ether oxygens (including phenoxy) is 1. The normalized spacial score (nSPS) is 14.5. The molecule has 0 radical (unpaired) electrons. The molecule has 0 fully saturated rings. The first kappa shape index (κ1) is 34.2. The van der Waals surface area contributed by atoms with Gasteiger partial charge in [0.1, 0.15) is 27.6 Å². The Kier molecular flexibility index (Phi) is 12.6. The third kappa shape index (κ3) is 9.54. The molecular formula is C24H36B6Cl2FN3O4. The molecule has 0 spiro atoms. The molecule has 1 amide bonds. The zero-order chi connectivity index (χ0) is 30.3. The molecule has 0 aliphatic carbocycles. The summed E-state index contributed by atoms with van der Waals surface area (Å²) in [5.74, 6) is -0.858. The van der Waals surface area contributed by atoms with Gasteiger partial charge in [-0.2, -0.15) is 0 Å². The topological polar surface area (TPSA) is 105 Å². The van der Waals surface area contributed by atoms with Crippen molar-refractivity contribution in [3.8, 4) is 0 Å². The maximum Gasteiger partial charge on any atom is 0.330 e. The molecule has 40 heavy (non-hydrogen) atoms. The van der Waals surface area contributed by atoms with Crippen LogP contribution in [-0.2, 0) is 27.2 Å². The van der Waals surface area contributed by atoms with Gasteiger partial charge >= 0.3 is 5.97 Å². The molecule has 2 rings (SSSR count). The van der Waals surface area contributed by atoms with E-state index in [1.165, 1.54) is 32.1 Å². The van der Waals surface area contributed by atoms with E-state index < -0.39 is 40.6 Å². The van der Waals surface area contributed by atoms with Gasteiger partial charge in [-0.1, -0.05) is 40.3 Å². The second-order valence-corrected chi connectivity index (χ2v) is 12.1. The molecule has 3 atom stereocenters. The van der Waals surface area contributed by atoms with E-state index in [9.17, 15) is 19.1 Å². The number of nitrogens with two attached hydrogens (primary N) is 1. The molecule has 0 aliphatic rings. The van der Waals surface area contributed by atoms with Gasteiger partial charge in [0.15, 0.2) is 13.5 Å². The molecule has 2 aromatic rings. The summed E-state index contributed by atoms with van der Waals surface area (Å²) in [5.41, 5.74) is 9.05. The number of alkyl halides is 2. The Morgan fingerprint density at radius 1 is 1.00 bits per heavy atom. The van der Waals surface area contributed by atoms with Crippen molar-refractivity contribution in [3.05, 3.63) is 53.3 Å². The number of halogens is 3. The first-order valence-corrected chi connectivity index (χ1v) is 14.4.